The topological polar surface area (TPSA) is 87.0 Å². The van der Waals surface area contributed by atoms with Crippen LogP contribution in [0.2, 0.25) is 0 Å². The molecule has 0 bridgehead atoms. The van der Waals surface area contributed by atoms with Crippen LogP contribution in [-0.4, -0.2) is 39.8 Å². The number of ether oxygens (including phenoxy) is 1. The molecule has 0 unspecified atom stereocenters. The normalized spacial score (nSPS) is 33.2. The Morgan fingerprint density at radius 2 is 2.05 bits per heavy atom. The summed E-state index contributed by atoms with van der Waals surface area (Å²) in [5.74, 6) is 0.721. The maximum absolute atomic E-state index is 11.1. The van der Waals surface area contributed by atoms with Crippen molar-refractivity contribution in [2.24, 2.45) is 17.8 Å². The molecule has 1 aliphatic rings. The summed E-state index contributed by atoms with van der Waals surface area (Å²) < 4.78 is 5.24. The van der Waals surface area contributed by atoms with E-state index in [1.807, 2.05) is 13.8 Å². The number of aliphatic hydroxyl groups is 2. The first kappa shape index (κ1) is 16.2. The second-order valence-electron chi connectivity index (χ2n) is 6.21. The molecule has 3 N–H and O–H groups in total. The Kier molecular flexibility index (Phi) is 5.62. The molecule has 19 heavy (non-hydrogen) atoms. The third-order valence-electron chi connectivity index (χ3n) is 4.23. The lowest BCUT2D eigenvalue weighted by Gasteiger charge is -2.47. The van der Waals surface area contributed by atoms with Crippen molar-refractivity contribution in [3.05, 3.63) is 0 Å². The van der Waals surface area contributed by atoms with Gasteiger partial charge in [-0.3, -0.25) is 0 Å². The molecule has 0 spiro atoms. The molecular formula is C14H26O5. The molecule has 1 fully saturated rings. The minimum Gasteiger partial charge on any atom is -0.450 e. The van der Waals surface area contributed by atoms with Crippen molar-refractivity contribution in [3.63, 3.8) is 0 Å². The Labute approximate surface area is 114 Å². The van der Waals surface area contributed by atoms with E-state index in [1.54, 1.807) is 0 Å². The highest BCUT2D eigenvalue weighted by molar-refractivity contribution is 5.57. The third kappa shape index (κ3) is 4.08. The summed E-state index contributed by atoms with van der Waals surface area (Å²) in [6.45, 7) is 5.80. The van der Waals surface area contributed by atoms with Crippen LogP contribution in [0.3, 0.4) is 0 Å². The first-order chi connectivity index (χ1) is 8.80. The fraction of sp³-hybridized carbons (Fsp3) is 0.929. The predicted molar refractivity (Wildman–Crippen MR) is 70.9 cm³/mol. The van der Waals surface area contributed by atoms with Gasteiger partial charge < -0.3 is 20.1 Å². The van der Waals surface area contributed by atoms with Gasteiger partial charge >= 0.3 is 6.16 Å². The SMILES string of the molecule is CC(C)[C@H]1CC[C@@H](C)C[C@]1(C[C@@H](O)CO)OC(=O)O. The molecule has 0 saturated heterocycles. The zero-order valence-electron chi connectivity index (χ0n) is 12.0. The van der Waals surface area contributed by atoms with Crippen LogP contribution in [0.5, 0.6) is 0 Å². The second-order valence-corrected chi connectivity index (χ2v) is 6.21. The van der Waals surface area contributed by atoms with Crippen LogP contribution in [0.15, 0.2) is 0 Å². The zero-order valence-corrected chi connectivity index (χ0v) is 12.0. The molecule has 1 aliphatic carbocycles. The maximum Gasteiger partial charge on any atom is 0.506 e. The van der Waals surface area contributed by atoms with Gasteiger partial charge in [0, 0.05) is 12.3 Å². The lowest BCUT2D eigenvalue weighted by molar-refractivity contribution is -0.127. The molecule has 0 aliphatic heterocycles. The summed E-state index contributed by atoms with van der Waals surface area (Å²) >= 11 is 0. The van der Waals surface area contributed by atoms with Crippen LogP contribution >= 0.6 is 0 Å². The number of carboxylic acid groups (broad SMARTS) is 1. The molecule has 0 heterocycles. The Hall–Kier alpha value is -0.810. The monoisotopic (exact) mass is 274 g/mol. The number of aliphatic hydroxyl groups excluding tert-OH is 2. The van der Waals surface area contributed by atoms with E-state index in [9.17, 15) is 9.90 Å². The van der Waals surface area contributed by atoms with Crippen LogP contribution in [0.1, 0.15) is 46.5 Å². The van der Waals surface area contributed by atoms with E-state index in [1.165, 1.54) is 0 Å². The van der Waals surface area contributed by atoms with Gasteiger partial charge in [-0.1, -0.05) is 27.2 Å². The Morgan fingerprint density at radius 3 is 2.53 bits per heavy atom. The largest absolute Gasteiger partial charge is 0.506 e. The minimum absolute atomic E-state index is 0.0843. The Morgan fingerprint density at radius 1 is 1.42 bits per heavy atom. The standard InChI is InChI=1S/C14H26O5/c1-9(2)12-5-4-10(3)6-14(12,19-13(17)18)7-11(16)8-15/h9-12,15-16H,4-8H2,1-3H3,(H,17,18)/t10-,11-,12-,14-/m1/s1. The molecular weight excluding hydrogens is 248 g/mol. The molecule has 112 valence electrons. The smallest absolute Gasteiger partial charge is 0.450 e. The van der Waals surface area contributed by atoms with Gasteiger partial charge in [0.25, 0.3) is 0 Å². The van der Waals surface area contributed by atoms with Crippen molar-refractivity contribution in [1.29, 1.82) is 0 Å². The predicted octanol–water partition coefficient (Wildman–Crippen LogP) is 2.26. The summed E-state index contributed by atoms with van der Waals surface area (Å²) in [5, 5.41) is 27.8. The average molecular weight is 274 g/mol. The van der Waals surface area contributed by atoms with Crippen molar-refractivity contribution in [2.45, 2.75) is 58.2 Å². The van der Waals surface area contributed by atoms with Gasteiger partial charge in [0.05, 0.1) is 12.7 Å². The number of hydrogen-bond acceptors (Lipinski definition) is 4. The van der Waals surface area contributed by atoms with E-state index in [-0.39, 0.29) is 24.9 Å². The third-order valence-corrected chi connectivity index (χ3v) is 4.23. The molecule has 0 radical (unpaired) electrons. The molecule has 5 nitrogen and oxygen atoms in total. The Balaban J connectivity index is 3.02. The first-order valence-corrected chi connectivity index (χ1v) is 7.01. The summed E-state index contributed by atoms with van der Waals surface area (Å²) in [6, 6.07) is 0. The summed E-state index contributed by atoms with van der Waals surface area (Å²) in [7, 11) is 0. The van der Waals surface area contributed by atoms with E-state index >= 15 is 0 Å². The number of carbonyl (C=O) groups is 1. The van der Waals surface area contributed by atoms with Gasteiger partial charge in [0.15, 0.2) is 0 Å². The van der Waals surface area contributed by atoms with Crippen molar-refractivity contribution in [3.8, 4) is 0 Å². The van der Waals surface area contributed by atoms with E-state index in [2.05, 4.69) is 6.92 Å². The van der Waals surface area contributed by atoms with Crippen LogP contribution < -0.4 is 0 Å². The highest BCUT2D eigenvalue weighted by Crippen LogP contribution is 2.46. The molecule has 0 aromatic rings. The maximum atomic E-state index is 11.1. The van der Waals surface area contributed by atoms with Gasteiger partial charge in [-0.2, -0.15) is 0 Å². The van der Waals surface area contributed by atoms with Gasteiger partial charge in [-0.25, -0.2) is 4.79 Å². The molecule has 1 saturated carbocycles. The zero-order chi connectivity index (χ0) is 14.6. The summed E-state index contributed by atoms with van der Waals surface area (Å²) in [4.78, 5) is 11.1. The summed E-state index contributed by atoms with van der Waals surface area (Å²) in [5.41, 5.74) is -0.875. The fourth-order valence-corrected chi connectivity index (χ4v) is 3.54. The molecule has 4 atom stereocenters. The first-order valence-electron chi connectivity index (χ1n) is 7.01. The van der Waals surface area contributed by atoms with Crippen LogP contribution in [0.25, 0.3) is 0 Å². The minimum atomic E-state index is -1.30. The van der Waals surface area contributed by atoms with E-state index in [0.717, 1.165) is 12.8 Å². The molecule has 5 heteroatoms. The van der Waals surface area contributed by atoms with E-state index in [0.29, 0.717) is 12.3 Å². The fourth-order valence-electron chi connectivity index (χ4n) is 3.54. The molecule has 0 aromatic heterocycles. The van der Waals surface area contributed by atoms with Gasteiger partial charge in [-0.05, 0) is 24.7 Å². The van der Waals surface area contributed by atoms with Crippen LogP contribution in [-0.2, 0) is 4.74 Å². The highest BCUT2D eigenvalue weighted by Gasteiger charge is 2.48. The lowest BCUT2D eigenvalue weighted by Crippen LogP contribution is -2.51. The van der Waals surface area contributed by atoms with Gasteiger partial charge in [0.1, 0.15) is 5.60 Å². The van der Waals surface area contributed by atoms with E-state index in [4.69, 9.17) is 14.9 Å². The molecule has 0 amide bonds. The second kappa shape index (κ2) is 6.57. The Bertz CT molecular complexity index is 304. The van der Waals surface area contributed by atoms with Crippen molar-refractivity contribution >= 4 is 6.16 Å². The highest BCUT2D eigenvalue weighted by atomic mass is 16.7. The molecule has 0 aromatic carbocycles. The quantitative estimate of drug-likeness (QED) is 0.669. The van der Waals surface area contributed by atoms with Crippen molar-refractivity contribution in [2.75, 3.05) is 6.61 Å². The van der Waals surface area contributed by atoms with Crippen LogP contribution in [0, 0.1) is 17.8 Å². The van der Waals surface area contributed by atoms with E-state index < -0.39 is 17.9 Å². The lowest BCUT2D eigenvalue weighted by atomic mass is 9.65. The van der Waals surface area contributed by atoms with Gasteiger partial charge in [0.2, 0.25) is 0 Å². The number of rotatable bonds is 5. The number of hydrogen-bond donors (Lipinski definition) is 3. The van der Waals surface area contributed by atoms with Crippen LogP contribution in [0.4, 0.5) is 4.79 Å². The van der Waals surface area contributed by atoms with Crippen molar-refractivity contribution in [1.82, 2.24) is 0 Å². The van der Waals surface area contributed by atoms with Gasteiger partial charge in [-0.15, -0.1) is 0 Å². The summed E-state index contributed by atoms with van der Waals surface area (Å²) in [6.07, 6.45) is 0.478. The molecule has 1 rings (SSSR count). The average Bonchev–Trinajstić information content (AvgIpc) is 2.26. The van der Waals surface area contributed by atoms with Crippen molar-refractivity contribution < 1.29 is 24.9 Å².